The number of hydrogen-bond acceptors (Lipinski definition) is 6. The molecule has 0 aliphatic rings. The van der Waals surface area contributed by atoms with Crippen molar-refractivity contribution in [1.29, 1.82) is 0 Å². The van der Waals surface area contributed by atoms with Gasteiger partial charge in [-0.3, -0.25) is 14.2 Å². The van der Waals surface area contributed by atoms with Crippen molar-refractivity contribution >= 4 is 68.2 Å². The van der Waals surface area contributed by atoms with Crippen molar-refractivity contribution in [1.82, 2.24) is 14.5 Å². The Hall–Kier alpha value is -1.87. The molecule has 0 fully saturated rings. The van der Waals surface area contributed by atoms with Crippen LogP contribution in [0.3, 0.4) is 0 Å². The van der Waals surface area contributed by atoms with Crippen LogP contribution in [-0.2, 0) is 11.3 Å². The molecule has 10 heteroatoms. The standard InChI is InChI=1S/C17H14Cl2N4O2S2/c1-3-5-23-16(25)11-4-6-26-15(11)22-17(23)27-9(2)14(24)21-13-12(19)7-10(18)8-20-13/h3-4,6-9H,1,5H2,2H3,(H,20,21,24). The number of anilines is 1. The molecule has 3 rings (SSSR count). The van der Waals surface area contributed by atoms with Crippen molar-refractivity contribution in [2.45, 2.75) is 23.9 Å². The van der Waals surface area contributed by atoms with Crippen molar-refractivity contribution in [3.8, 4) is 0 Å². The highest BCUT2D eigenvalue weighted by Crippen LogP contribution is 2.27. The lowest BCUT2D eigenvalue weighted by molar-refractivity contribution is -0.115. The monoisotopic (exact) mass is 440 g/mol. The summed E-state index contributed by atoms with van der Waals surface area (Å²) in [5.74, 6) is -0.0916. The first-order valence-corrected chi connectivity index (χ1v) is 10.3. The maximum atomic E-state index is 12.6. The van der Waals surface area contributed by atoms with Gasteiger partial charge in [0, 0.05) is 12.7 Å². The molecule has 0 saturated carbocycles. The van der Waals surface area contributed by atoms with Crippen LogP contribution in [0.15, 0.2) is 46.3 Å². The third kappa shape index (κ3) is 4.35. The van der Waals surface area contributed by atoms with Crippen LogP contribution in [0.5, 0.6) is 0 Å². The number of carbonyl (C=O) groups excluding carboxylic acids is 1. The molecule has 0 aliphatic heterocycles. The van der Waals surface area contributed by atoms with Crippen molar-refractivity contribution in [3.05, 3.63) is 56.8 Å². The van der Waals surface area contributed by atoms with Crippen LogP contribution < -0.4 is 10.9 Å². The minimum absolute atomic E-state index is 0.154. The van der Waals surface area contributed by atoms with E-state index in [1.165, 1.54) is 39.9 Å². The van der Waals surface area contributed by atoms with Crippen molar-refractivity contribution < 1.29 is 4.79 Å². The lowest BCUT2D eigenvalue weighted by atomic mass is 10.4. The fourth-order valence-corrected chi connectivity index (χ4v) is 4.40. The van der Waals surface area contributed by atoms with E-state index in [4.69, 9.17) is 23.2 Å². The number of fused-ring (bicyclic) bond motifs is 1. The summed E-state index contributed by atoms with van der Waals surface area (Å²) in [7, 11) is 0. The molecule has 0 bridgehead atoms. The molecule has 1 amide bonds. The molecule has 0 aromatic carbocycles. The number of halogens is 2. The molecule has 1 unspecified atom stereocenters. The zero-order valence-corrected chi connectivity index (χ0v) is 17.3. The average Bonchev–Trinajstić information content (AvgIpc) is 3.09. The highest BCUT2D eigenvalue weighted by molar-refractivity contribution is 8.00. The van der Waals surface area contributed by atoms with E-state index in [2.05, 4.69) is 21.9 Å². The second-order valence-corrected chi connectivity index (χ2v) is 8.52. The van der Waals surface area contributed by atoms with E-state index in [0.29, 0.717) is 26.9 Å². The van der Waals surface area contributed by atoms with Crippen molar-refractivity contribution in [2.75, 3.05) is 5.32 Å². The van der Waals surface area contributed by atoms with Gasteiger partial charge in [0.1, 0.15) is 4.83 Å². The Morgan fingerprint density at radius 3 is 3.00 bits per heavy atom. The van der Waals surface area contributed by atoms with E-state index in [9.17, 15) is 9.59 Å². The molecule has 140 valence electrons. The summed E-state index contributed by atoms with van der Waals surface area (Å²) in [6.45, 7) is 5.71. The van der Waals surface area contributed by atoms with Crippen molar-refractivity contribution in [2.24, 2.45) is 0 Å². The second kappa shape index (κ2) is 8.43. The minimum atomic E-state index is -0.543. The number of thiophene rings is 1. The molecule has 1 atom stereocenters. The average molecular weight is 441 g/mol. The number of carbonyl (C=O) groups is 1. The first-order chi connectivity index (χ1) is 12.9. The van der Waals surface area contributed by atoms with E-state index in [1.54, 1.807) is 19.1 Å². The van der Waals surface area contributed by atoms with Crippen LogP contribution in [0.2, 0.25) is 10.0 Å². The number of nitrogens with zero attached hydrogens (tertiary/aromatic N) is 3. The summed E-state index contributed by atoms with van der Waals surface area (Å²) in [6, 6.07) is 3.24. The molecule has 27 heavy (non-hydrogen) atoms. The zero-order valence-electron chi connectivity index (χ0n) is 14.1. The predicted molar refractivity (Wildman–Crippen MR) is 112 cm³/mol. The third-order valence-electron chi connectivity index (χ3n) is 3.56. The van der Waals surface area contributed by atoms with Crippen LogP contribution in [0, 0.1) is 0 Å². The Bertz CT molecular complexity index is 1080. The quantitative estimate of drug-likeness (QED) is 0.347. The zero-order chi connectivity index (χ0) is 19.6. The van der Waals surface area contributed by atoms with Gasteiger partial charge in [-0.1, -0.05) is 41.0 Å². The summed E-state index contributed by atoms with van der Waals surface area (Å²) in [5.41, 5.74) is -0.154. The number of nitrogens with one attached hydrogen (secondary N) is 1. The number of amides is 1. The second-order valence-electron chi connectivity index (χ2n) is 5.47. The van der Waals surface area contributed by atoms with Gasteiger partial charge in [0.05, 0.1) is 20.7 Å². The molecule has 0 aliphatic carbocycles. The Balaban J connectivity index is 1.85. The van der Waals surface area contributed by atoms with Crippen LogP contribution in [0.4, 0.5) is 5.82 Å². The largest absolute Gasteiger partial charge is 0.308 e. The number of aromatic nitrogens is 3. The molecule has 0 saturated heterocycles. The van der Waals surface area contributed by atoms with E-state index < -0.39 is 5.25 Å². The molecule has 0 spiro atoms. The smallest absolute Gasteiger partial charge is 0.263 e. The molecule has 3 aromatic rings. The summed E-state index contributed by atoms with van der Waals surface area (Å²) in [5, 5.41) is 5.56. The lowest BCUT2D eigenvalue weighted by Gasteiger charge is -2.15. The van der Waals surface area contributed by atoms with Crippen molar-refractivity contribution in [3.63, 3.8) is 0 Å². The Morgan fingerprint density at radius 2 is 2.30 bits per heavy atom. The molecule has 3 heterocycles. The van der Waals surface area contributed by atoms with Gasteiger partial charge in [0.15, 0.2) is 11.0 Å². The van der Waals surface area contributed by atoms with E-state index in [1.807, 2.05) is 5.38 Å². The Kier molecular flexibility index (Phi) is 6.21. The summed E-state index contributed by atoms with van der Waals surface area (Å²) >= 11 is 14.4. The number of allylic oxidation sites excluding steroid dienone is 1. The molecular weight excluding hydrogens is 427 g/mol. The molecule has 0 radical (unpaired) electrons. The number of pyridine rings is 1. The van der Waals surface area contributed by atoms with Gasteiger partial charge in [0.25, 0.3) is 5.56 Å². The fourth-order valence-electron chi connectivity index (χ4n) is 2.25. The molecular formula is C17H14Cl2N4O2S2. The van der Waals surface area contributed by atoms with E-state index in [0.717, 1.165) is 0 Å². The maximum Gasteiger partial charge on any atom is 0.263 e. The normalized spacial score (nSPS) is 12.1. The van der Waals surface area contributed by atoms with Gasteiger partial charge in [-0.15, -0.1) is 17.9 Å². The third-order valence-corrected chi connectivity index (χ3v) is 5.95. The highest BCUT2D eigenvalue weighted by Gasteiger charge is 2.20. The minimum Gasteiger partial charge on any atom is -0.308 e. The van der Waals surface area contributed by atoms with Gasteiger partial charge in [-0.05, 0) is 24.4 Å². The first-order valence-electron chi connectivity index (χ1n) is 7.78. The summed E-state index contributed by atoms with van der Waals surface area (Å²) in [6.07, 6.45) is 3.02. The van der Waals surface area contributed by atoms with Gasteiger partial charge in [-0.25, -0.2) is 9.97 Å². The number of thioether (sulfide) groups is 1. The highest BCUT2D eigenvalue weighted by atomic mass is 35.5. The Labute approximate surface area is 173 Å². The Morgan fingerprint density at radius 1 is 1.52 bits per heavy atom. The topological polar surface area (TPSA) is 76.9 Å². The van der Waals surface area contributed by atoms with Crippen LogP contribution in [-0.4, -0.2) is 25.7 Å². The predicted octanol–water partition coefficient (Wildman–Crippen LogP) is 4.47. The van der Waals surface area contributed by atoms with E-state index in [-0.39, 0.29) is 22.3 Å². The van der Waals surface area contributed by atoms with E-state index >= 15 is 0 Å². The fraction of sp³-hybridized carbons (Fsp3) is 0.176. The van der Waals surface area contributed by atoms with Crippen LogP contribution in [0.25, 0.3) is 10.2 Å². The number of hydrogen-bond donors (Lipinski definition) is 1. The first kappa shape index (κ1) is 19.9. The molecule has 6 nitrogen and oxygen atoms in total. The molecule has 3 aromatic heterocycles. The molecule has 1 N–H and O–H groups in total. The van der Waals surface area contributed by atoms with Gasteiger partial charge in [0.2, 0.25) is 5.91 Å². The van der Waals surface area contributed by atoms with Crippen LogP contribution in [0.1, 0.15) is 6.92 Å². The van der Waals surface area contributed by atoms with Gasteiger partial charge < -0.3 is 5.32 Å². The maximum absolute atomic E-state index is 12.6. The number of rotatable bonds is 6. The van der Waals surface area contributed by atoms with Gasteiger partial charge >= 0.3 is 0 Å². The summed E-state index contributed by atoms with van der Waals surface area (Å²) in [4.78, 5) is 34.4. The lowest BCUT2D eigenvalue weighted by Crippen LogP contribution is -2.26. The summed E-state index contributed by atoms with van der Waals surface area (Å²) < 4.78 is 1.50. The van der Waals surface area contributed by atoms with Crippen LogP contribution >= 0.6 is 46.3 Å². The van der Waals surface area contributed by atoms with Gasteiger partial charge in [-0.2, -0.15) is 0 Å². The SMILES string of the molecule is C=CCn1c(SC(C)C(=O)Nc2ncc(Cl)cc2Cl)nc2sccc2c1=O.